The topological polar surface area (TPSA) is 100 Å². The molecule has 2 aromatic heterocycles. The van der Waals surface area contributed by atoms with E-state index >= 15 is 0 Å². The zero-order chi connectivity index (χ0) is 22.9. The van der Waals surface area contributed by atoms with Gasteiger partial charge < -0.3 is 15.6 Å². The van der Waals surface area contributed by atoms with Gasteiger partial charge in [-0.2, -0.15) is 4.91 Å². The first-order valence-electron chi connectivity index (χ1n) is 12.0. The van der Waals surface area contributed by atoms with Crippen LogP contribution < -0.4 is 10.6 Å². The number of imidazole rings is 1. The van der Waals surface area contributed by atoms with E-state index in [1.54, 1.807) is 0 Å². The number of rotatable bonds is 6. The van der Waals surface area contributed by atoms with Gasteiger partial charge in [0.05, 0.1) is 22.3 Å². The van der Waals surface area contributed by atoms with E-state index in [1.807, 2.05) is 6.07 Å². The molecule has 1 aliphatic heterocycles. The van der Waals surface area contributed by atoms with Crippen molar-refractivity contribution in [1.82, 2.24) is 15.0 Å². The number of hydrogen-bond acceptors (Lipinski definition) is 6. The van der Waals surface area contributed by atoms with Gasteiger partial charge in [0.25, 0.3) is 0 Å². The fourth-order valence-electron chi connectivity index (χ4n) is 5.42. The smallest absolute Gasteiger partial charge is 0.178 e. The summed E-state index contributed by atoms with van der Waals surface area (Å²) in [4.78, 5) is 26.6. The van der Waals surface area contributed by atoms with E-state index in [4.69, 9.17) is 27.3 Å². The lowest BCUT2D eigenvalue weighted by molar-refractivity contribution is 0.239. The quantitative estimate of drug-likeness (QED) is 0.487. The Morgan fingerprint density at radius 3 is 2.73 bits per heavy atom. The number of fused-ring (bicyclic) bond motifs is 1. The summed E-state index contributed by atoms with van der Waals surface area (Å²) in [6.45, 7) is 5.04. The van der Waals surface area contributed by atoms with Gasteiger partial charge in [0.15, 0.2) is 5.65 Å². The van der Waals surface area contributed by atoms with Crippen LogP contribution in [0.5, 0.6) is 0 Å². The largest absolute Gasteiger partial charge is 0.371 e. The molecular weight excluding hydrogens is 436 g/mol. The molecule has 1 saturated carbocycles. The number of benzene rings is 1. The summed E-state index contributed by atoms with van der Waals surface area (Å²) in [6.07, 6.45) is 4.76. The first-order valence-corrected chi connectivity index (χ1v) is 12.3. The Morgan fingerprint density at radius 2 is 2.03 bits per heavy atom. The predicted molar refractivity (Wildman–Crippen MR) is 134 cm³/mol. The molecule has 7 nitrogen and oxygen atoms in total. The maximum Gasteiger partial charge on any atom is 0.178 e. The van der Waals surface area contributed by atoms with Crippen LogP contribution in [0.25, 0.3) is 22.4 Å². The number of hydrogen-bond donors (Lipinski definition) is 2. The van der Waals surface area contributed by atoms with Crippen molar-refractivity contribution in [2.75, 3.05) is 24.5 Å². The van der Waals surface area contributed by atoms with Crippen LogP contribution in [0.3, 0.4) is 0 Å². The molecule has 0 spiro atoms. The van der Waals surface area contributed by atoms with Crippen molar-refractivity contribution >= 4 is 28.5 Å². The maximum atomic E-state index is 11.2. The molecule has 2 aliphatic rings. The number of nitrogens with one attached hydrogen (secondary N) is 1. The normalized spacial score (nSPS) is 25.6. The molecular formula is C25H31ClN6O. The summed E-state index contributed by atoms with van der Waals surface area (Å²) >= 11 is 6.62. The van der Waals surface area contributed by atoms with E-state index in [9.17, 15) is 4.91 Å². The van der Waals surface area contributed by atoms with Crippen LogP contribution in [-0.2, 0) is 6.42 Å². The fraction of sp³-hybridized carbons (Fsp3) is 0.520. The first-order chi connectivity index (χ1) is 16.0. The van der Waals surface area contributed by atoms with Crippen molar-refractivity contribution in [2.45, 2.75) is 45.1 Å². The van der Waals surface area contributed by atoms with Gasteiger partial charge in [0, 0.05) is 30.8 Å². The third-order valence-corrected chi connectivity index (χ3v) is 7.68. The summed E-state index contributed by atoms with van der Waals surface area (Å²) in [6, 6.07) is 10.2. The molecule has 2 fully saturated rings. The first kappa shape index (κ1) is 22.3. The van der Waals surface area contributed by atoms with Crippen LogP contribution >= 0.6 is 11.6 Å². The van der Waals surface area contributed by atoms with E-state index in [1.165, 1.54) is 12.1 Å². The minimum atomic E-state index is -0.191. The van der Waals surface area contributed by atoms with Crippen LogP contribution in [0, 0.1) is 22.7 Å². The zero-order valence-electron chi connectivity index (χ0n) is 19.0. The fourth-order valence-corrected chi connectivity index (χ4v) is 5.68. The molecule has 0 radical (unpaired) electrons. The van der Waals surface area contributed by atoms with Crippen molar-refractivity contribution in [3.05, 3.63) is 46.1 Å². The van der Waals surface area contributed by atoms with Crippen LogP contribution in [0.2, 0.25) is 5.02 Å². The van der Waals surface area contributed by atoms with Gasteiger partial charge in [-0.1, -0.05) is 35.8 Å². The average molecular weight is 467 g/mol. The van der Waals surface area contributed by atoms with E-state index in [2.05, 4.69) is 46.2 Å². The number of nitrogens with two attached hydrogens (primary N) is 1. The summed E-state index contributed by atoms with van der Waals surface area (Å²) < 4.78 is 0. The third-order valence-electron chi connectivity index (χ3n) is 7.39. The summed E-state index contributed by atoms with van der Waals surface area (Å²) in [7, 11) is 0. The molecule has 3 aromatic rings. The van der Waals surface area contributed by atoms with E-state index in [0.29, 0.717) is 23.1 Å². The highest BCUT2D eigenvalue weighted by Gasteiger charge is 2.31. The number of nitrogens with zero attached hydrogens (tertiary/aromatic N) is 4. The molecule has 174 valence electrons. The number of halogens is 1. The Hall–Kier alpha value is -2.51. The lowest BCUT2D eigenvalue weighted by Gasteiger charge is -2.31. The Balaban J connectivity index is 1.33. The van der Waals surface area contributed by atoms with Crippen LogP contribution in [0.1, 0.15) is 38.4 Å². The van der Waals surface area contributed by atoms with Crippen molar-refractivity contribution in [3.8, 4) is 11.3 Å². The second-order valence-electron chi connectivity index (χ2n) is 9.81. The molecule has 0 bridgehead atoms. The van der Waals surface area contributed by atoms with Crippen LogP contribution in [0.15, 0.2) is 35.5 Å². The molecule has 4 atom stereocenters. The van der Waals surface area contributed by atoms with Gasteiger partial charge in [-0.05, 0) is 68.2 Å². The highest BCUT2D eigenvalue weighted by Crippen LogP contribution is 2.34. The summed E-state index contributed by atoms with van der Waals surface area (Å²) in [5, 5.41) is 3.94. The lowest BCUT2D eigenvalue weighted by Crippen LogP contribution is -2.33. The molecule has 8 heteroatoms. The number of pyridine rings is 1. The van der Waals surface area contributed by atoms with E-state index in [0.717, 1.165) is 67.3 Å². The Bertz CT molecular complexity index is 1130. The van der Waals surface area contributed by atoms with Gasteiger partial charge in [-0.25, -0.2) is 9.97 Å². The van der Waals surface area contributed by atoms with Crippen molar-refractivity contribution in [3.63, 3.8) is 0 Å². The number of H-pyrrole nitrogens is 1. The maximum absolute atomic E-state index is 11.2. The van der Waals surface area contributed by atoms with Crippen molar-refractivity contribution in [1.29, 1.82) is 0 Å². The van der Waals surface area contributed by atoms with Crippen molar-refractivity contribution < 1.29 is 0 Å². The van der Waals surface area contributed by atoms with Gasteiger partial charge in [0.1, 0.15) is 5.82 Å². The summed E-state index contributed by atoms with van der Waals surface area (Å²) in [5.41, 5.74) is 10.3. The summed E-state index contributed by atoms with van der Waals surface area (Å²) in [5.74, 6) is 2.20. The second-order valence-corrected chi connectivity index (χ2v) is 10.2. The van der Waals surface area contributed by atoms with Gasteiger partial charge in [-0.15, -0.1) is 0 Å². The number of aromatic amines is 1. The van der Waals surface area contributed by atoms with Gasteiger partial charge in [-0.3, -0.25) is 0 Å². The van der Waals surface area contributed by atoms with Gasteiger partial charge >= 0.3 is 0 Å². The molecule has 1 saturated heterocycles. The molecule has 1 aliphatic carbocycles. The number of aromatic nitrogens is 3. The highest BCUT2D eigenvalue weighted by molar-refractivity contribution is 6.33. The molecule has 3 heterocycles. The standard InChI is InChI=1S/C25H31ClN6O/c1-15-8-9-32(14-15)19-6-4-17(5-7-19)24-20(26)12-22-25(30-24)29-23(28-22)11-16-2-3-18(13-27)21(10-16)31-33/h4-7,12,15-16,18,21H,2-3,8-11,13-14,27H2,1H3,(H,28,29,30)/t15-,16+,18-,21+/m1/s1. The molecule has 33 heavy (non-hydrogen) atoms. The monoisotopic (exact) mass is 466 g/mol. The zero-order valence-corrected chi connectivity index (χ0v) is 19.8. The van der Waals surface area contributed by atoms with Crippen molar-refractivity contribution in [2.24, 2.45) is 28.7 Å². The minimum absolute atomic E-state index is 0.191. The minimum Gasteiger partial charge on any atom is -0.371 e. The molecule has 5 rings (SSSR count). The van der Waals surface area contributed by atoms with E-state index in [-0.39, 0.29) is 12.0 Å². The Kier molecular flexibility index (Phi) is 6.34. The van der Waals surface area contributed by atoms with E-state index < -0.39 is 0 Å². The second kappa shape index (κ2) is 9.39. The SMILES string of the molecule is C[C@@H]1CCN(c2ccc(-c3nc4nc(C[C@H]5CC[C@H](CN)[C@@H](N=O)C5)[nH]c4cc3Cl)cc2)C1. The number of nitroso groups, excluding NO2 is 1. The Labute approximate surface area is 199 Å². The highest BCUT2D eigenvalue weighted by atomic mass is 35.5. The average Bonchev–Trinajstić information content (AvgIpc) is 3.43. The lowest BCUT2D eigenvalue weighted by atomic mass is 9.77. The third kappa shape index (κ3) is 4.62. The molecule has 3 N–H and O–H groups in total. The molecule has 1 aromatic carbocycles. The molecule has 0 amide bonds. The number of anilines is 1. The van der Waals surface area contributed by atoms with Crippen LogP contribution in [0.4, 0.5) is 5.69 Å². The molecule has 0 unspecified atom stereocenters. The Morgan fingerprint density at radius 1 is 1.21 bits per heavy atom. The van der Waals surface area contributed by atoms with Gasteiger partial charge in [0.2, 0.25) is 0 Å². The van der Waals surface area contributed by atoms with Crippen LogP contribution in [-0.4, -0.2) is 40.6 Å². The predicted octanol–water partition coefficient (Wildman–Crippen LogP) is 5.18.